The Kier molecular flexibility index (Phi) is 4.87. The van der Waals surface area contributed by atoms with Crippen LogP contribution in [0.3, 0.4) is 0 Å². The van der Waals surface area contributed by atoms with E-state index in [4.69, 9.17) is 0 Å². The molecule has 3 N–H and O–H groups in total. The van der Waals surface area contributed by atoms with E-state index in [-0.39, 0.29) is 30.0 Å². The summed E-state index contributed by atoms with van der Waals surface area (Å²) in [7, 11) is 0. The summed E-state index contributed by atoms with van der Waals surface area (Å²) in [6, 6.07) is 6.39. The smallest absolute Gasteiger partial charge is 0.226 e. The molecule has 0 spiro atoms. The third kappa shape index (κ3) is 3.03. The number of aromatic nitrogens is 2. The van der Waals surface area contributed by atoms with Crippen LogP contribution in [0, 0.1) is 11.7 Å². The molecule has 1 unspecified atom stereocenters. The van der Waals surface area contributed by atoms with Crippen molar-refractivity contribution in [2.45, 2.75) is 25.2 Å². The Morgan fingerprint density at radius 1 is 1.12 bits per heavy atom. The summed E-state index contributed by atoms with van der Waals surface area (Å²) in [5.41, 5.74) is 2.86. The number of H-pyrrole nitrogens is 1. The van der Waals surface area contributed by atoms with Crippen LogP contribution >= 0.6 is 12.4 Å². The zero-order valence-corrected chi connectivity index (χ0v) is 14.0. The number of anilines is 1. The van der Waals surface area contributed by atoms with Gasteiger partial charge >= 0.3 is 0 Å². The molecule has 1 saturated heterocycles. The zero-order chi connectivity index (χ0) is 15.8. The Morgan fingerprint density at radius 2 is 1.83 bits per heavy atom. The van der Waals surface area contributed by atoms with Crippen LogP contribution in [-0.2, 0) is 4.79 Å². The standard InChI is InChI=1S/C17H19FN4O.ClH/c18-12-3-1-11(2-4-12)16-15-13(10-5-7-19-8-6-10)9-14(23)20-17(15)22-21-16;/h1-4,10,13,19H,5-9H2,(H2,20,21,22,23);1H. The summed E-state index contributed by atoms with van der Waals surface area (Å²) in [5.74, 6) is 1.03. The summed E-state index contributed by atoms with van der Waals surface area (Å²) in [6.07, 6.45) is 2.61. The lowest BCUT2D eigenvalue weighted by Gasteiger charge is -2.33. The van der Waals surface area contributed by atoms with Gasteiger partial charge in [-0.3, -0.25) is 9.89 Å². The second kappa shape index (κ2) is 6.91. The fourth-order valence-electron chi connectivity index (χ4n) is 3.78. The van der Waals surface area contributed by atoms with Crippen LogP contribution in [0.25, 0.3) is 11.3 Å². The quantitative estimate of drug-likeness (QED) is 0.779. The summed E-state index contributed by atoms with van der Waals surface area (Å²) in [6.45, 7) is 1.98. The van der Waals surface area contributed by atoms with Crippen LogP contribution in [0.5, 0.6) is 0 Å². The lowest BCUT2D eigenvalue weighted by Crippen LogP contribution is -2.34. The Balaban J connectivity index is 0.00000169. The summed E-state index contributed by atoms with van der Waals surface area (Å²) in [4.78, 5) is 12.0. The molecule has 7 heteroatoms. The lowest BCUT2D eigenvalue weighted by molar-refractivity contribution is -0.117. The molecule has 2 aromatic rings. The maximum absolute atomic E-state index is 13.2. The number of halogens is 2. The van der Waals surface area contributed by atoms with E-state index in [0.717, 1.165) is 42.8 Å². The molecule has 0 aliphatic carbocycles. The monoisotopic (exact) mass is 350 g/mol. The number of piperidine rings is 1. The number of aromatic amines is 1. The Labute approximate surface area is 145 Å². The summed E-state index contributed by atoms with van der Waals surface area (Å²) in [5, 5.41) is 13.6. The number of rotatable bonds is 2. The van der Waals surface area contributed by atoms with Crippen molar-refractivity contribution in [2.75, 3.05) is 18.4 Å². The first-order chi connectivity index (χ1) is 11.2. The molecule has 1 amide bonds. The van der Waals surface area contributed by atoms with Crippen molar-refractivity contribution < 1.29 is 9.18 Å². The lowest BCUT2D eigenvalue weighted by atomic mass is 9.76. The highest BCUT2D eigenvalue weighted by Crippen LogP contribution is 2.44. The maximum atomic E-state index is 13.2. The van der Waals surface area contributed by atoms with Crippen molar-refractivity contribution in [2.24, 2.45) is 5.92 Å². The van der Waals surface area contributed by atoms with Gasteiger partial charge in [-0.25, -0.2) is 4.39 Å². The molecule has 1 atom stereocenters. The van der Waals surface area contributed by atoms with E-state index >= 15 is 0 Å². The summed E-state index contributed by atoms with van der Waals surface area (Å²) < 4.78 is 13.2. The van der Waals surface area contributed by atoms with E-state index in [0.29, 0.717) is 18.2 Å². The predicted octanol–water partition coefficient (Wildman–Crippen LogP) is 3.06. The van der Waals surface area contributed by atoms with Crippen molar-refractivity contribution in [1.29, 1.82) is 0 Å². The van der Waals surface area contributed by atoms with Crippen molar-refractivity contribution >= 4 is 24.1 Å². The molecular formula is C17H20ClFN4O. The van der Waals surface area contributed by atoms with E-state index in [2.05, 4.69) is 20.8 Å². The highest BCUT2D eigenvalue weighted by Gasteiger charge is 2.36. The van der Waals surface area contributed by atoms with Crippen LogP contribution in [0.1, 0.15) is 30.7 Å². The van der Waals surface area contributed by atoms with E-state index in [9.17, 15) is 9.18 Å². The first-order valence-corrected chi connectivity index (χ1v) is 8.07. The van der Waals surface area contributed by atoms with Crippen LogP contribution in [-0.4, -0.2) is 29.2 Å². The topological polar surface area (TPSA) is 69.8 Å². The molecule has 1 fully saturated rings. The number of carbonyl (C=O) groups is 1. The van der Waals surface area contributed by atoms with Gasteiger partial charge in [0, 0.05) is 23.5 Å². The largest absolute Gasteiger partial charge is 0.317 e. The zero-order valence-electron chi connectivity index (χ0n) is 13.1. The molecule has 2 aliphatic rings. The van der Waals surface area contributed by atoms with Gasteiger partial charge < -0.3 is 10.6 Å². The predicted molar refractivity (Wildman–Crippen MR) is 92.8 cm³/mol. The Morgan fingerprint density at radius 3 is 2.54 bits per heavy atom. The van der Waals surface area contributed by atoms with Gasteiger partial charge in [-0.2, -0.15) is 5.10 Å². The first kappa shape index (κ1) is 16.9. The number of hydrogen-bond acceptors (Lipinski definition) is 3. The number of benzene rings is 1. The van der Waals surface area contributed by atoms with Crippen LogP contribution in [0.4, 0.5) is 10.2 Å². The minimum atomic E-state index is -0.259. The Hall–Kier alpha value is -1.92. The van der Waals surface area contributed by atoms with Gasteiger partial charge in [0.2, 0.25) is 5.91 Å². The third-order valence-electron chi connectivity index (χ3n) is 4.92. The fourth-order valence-corrected chi connectivity index (χ4v) is 3.78. The van der Waals surface area contributed by atoms with Crippen LogP contribution < -0.4 is 10.6 Å². The van der Waals surface area contributed by atoms with E-state index in [1.54, 1.807) is 12.1 Å². The van der Waals surface area contributed by atoms with E-state index in [1.165, 1.54) is 12.1 Å². The number of nitrogens with zero attached hydrogens (tertiary/aromatic N) is 1. The van der Waals surface area contributed by atoms with Crippen molar-refractivity contribution in [3.63, 3.8) is 0 Å². The van der Waals surface area contributed by atoms with Crippen LogP contribution in [0.15, 0.2) is 24.3 Å². The van der Waals surface area contributed by atoms with Crippen molar-refractivity contribution in [3.05, 3.63) is 35.6 Å². The SMILES string of the molecule is Cl.O=C1CC(C2CCNCC2)c2c(n[nH]c2-c2ccc(F)cc2)N1. The fraction of sp³-hybridized carbons (Fsp3) is 0.412. The number of nitrogens with one attached hydrogen (secondary N) is 3. The maximum Gasteiger partial charge on any atom is 0.226 e. The van der Waals surface area contributed by atoms with Gasteiger partial charge in [0.25, 0.3) is 0 Å². The average molecular weight is 351 g/mol. The van der Waals surface area contributed by atoms with E-state index < -0.39 is 0 Å². The molecule has 3 heterocycles. The molecule has 24 heavy (non-hydrogen) atoms. The van der Waals surface area contributed by atoms with Gasteiger partial charge in [-0.15, -0.1) is 12.4 Å². The normalized spacial score (nSPS) is 20.9. The molecule has 0 saturated carbocycles. The molecule has 0 bridgehead atoms. The minimum Gasteiger partial charge on any atom is -0.317 e. The van der Waals surface area contributed by atoms with Gasteiger partial charge in [0.05, 0.1) is 5.69 Å². The number of amides is 1. The van der Waals surface area contributed by atoms with E-state index in [1.807, 2.05) is 0 Å². The highest BCUT2D eigenvalue weighted by molar-refractivity contribution is 5.95. The molecule has 128 valence electrons. The molecule has 5 nitrogen and oxygen atoms in total. The Bertz CT molecular complexity index is 725. The van der Waals surface area contributed by atoms with Gasteiger partial charge in [0.1, 0.15) is 5.82 Å². The number of carbonyl (C=O) groups excluding carboxylic acids is 1. The first-order valence-electron chi connectivity index (χ1n) is 8.07. The molecule has 4 rings (SSSR count). The highest BCUT2D eigenvalue weighted by atomic mass is 35.5. The third-order valence-corrected chi connectivity index (χ3v) is 4.92. The second-order valence-electron chi connectivity index (χ2n) is 6.31. The minimum absolute atomic E-state index is 0. The second-order valence-corrected chi connectivity index (χ2v) is 6.31. The molecule has 1 aromatic heterocycles. The number of hydrogen-bond donors (Lipinski definition) is 3. The van der Waals surface area contributed by atoms with Gasteiger partial charge in [-0.05, 0) is 56.1 Å². The van der Waals surface area contributed by atoms with Gasteiger partial charge in [-0.1, -0.05) is 0 Å². The van der Waals surface area contributed by atoms with Crippen molar-refractivity contribution in [1.82, 2.24) is 15.5 Å². The van der Waals surface area contributed by atoms with Crippen molar-refractivity contribution in [3.8, 4) is 11.3 Å². The average Bonchev–Trinajstić information content (AvgIpc) is 2.99. The number of fused-ring (bicyclic) bond motifs is 1. The molecule has 2 aliphatic heterocycles. The molecule has 1 aromatic carbocycles. The summed E-state index contributed by atoms with van der Waals surface area (Å²) >= 11 is 0. The molecular weight excluding hydrogens is 331 g/mol. The molecule has 0 radical (unpaired) electrons. The van der Waals surface area contributed by atoms with Crippen LogP contribution in [0.2, 0.25) is 0 Å². The van der Waals surface area contributed by atoms with Gasteiger partial charge in [0.15, 0.2) is 5.82 Å².